The van der Waals surface area contributed by atoms with E-state index in [0.29, 0.717) is 21.9 Å². The summed E-state index contributed by atoms with van der Waals surface area (Å²) in [5.41, 5.74) is 2.56. The van der Waals surface area contributed by atoms with Crippen molar-refractivity contribution in [2.75, 3.05) is 0 Å². The molecule has 688 valence electrons. The van der Waals surface area contributed by atoms with E-state index in [9.17, 15) is 20.2 Å². The van der Waals surface area contributed by atoms with E-state index >= 15 is 0 Å². The molecule has 0 atom stereocenters. The number of aromatic nitrogens is 4. The second-order valence-electron chi connectivity index (χ2n) is 30.8. The standard InChI is InChI=1S/4C18H15P.C17H17N3O2Si.C12H13ClN2O2Si.C5H6BNO2.Pd.S4.S3.S2/c4*1-4-10-16(11-5-1)19(17-12-6-2-7-13-17)18-14-8-3-9-15-18;1-23(2,3)16-11-14(13-8-4-5-10-18-13)19-17-12(16)7-6-9-15(17)20(21)22;1-18(2,3)10-7-11(13)14-12-8(10)5-4-6-9(12)15(16)17;8-6(9)5-3-1-2-4-7-5;;1-3-4-2;1-3-2;1-2/h4*1-15H;4-11H,1-3H3;4-7H,1-3H3;1-4,8-9H;;;;. The van der Waals surface area contributed by atoms with Crippen LogP contribution in [0.5, 0.6) is 0 Å². The predicted octanol–water partition coefficient (Wildman–Crippen LogP) is 19.6. The molecule has 0 saturated heterocycles. The molecule has 136 heavy (non-hydrogen) atoms. The fourth-order valence-electron chi connectivity index (χ4n) is 13.9. The summed E-state index contributed by atoms with van der Waals surface area (Å²) in [5.74, 6) is 0. The zero-order valence-corrected chi connectivity index (χ0v) is 90.1. The van der Waals surface area contributed by atoms with Crippen LogP contribution < -0.4 is 79.6 Å². The van der Waals surface area contributed by atoms with E-state index in [-0.39, 0.29) is 42.3 Å². The molecule has 4 heterocycles. The monoisotopic (exact) mass is 2170 g/mol. The molecule has 0 bridgehead atoms. The maximum atomic E-state index is 11.4. The van der Waals surface area contributed by atoms with Gasteiger partial charge in [0.15, 0.2) is 0 Å². The normalized spacial score (nSPS) is 10.3. The van der Waals surface area contributed by atoms with Gasteiger partial charge in [0.1, 0.15) is 16.2 Å². The van der Waals surface area contributed by atoms with E-state index in [1.165, 1.54) is 99.7 Å². The number of hydrogen-bond acceptors (Lipinski definition) is 16. The van der Waals surface area contributed by atoms with E-state index in [0.717, 1.165) is 35.7 Å². The Morgan fingerprint density at radius 2 is 0.529 bits per heavy atom. The molecular weight excluding hydrogens is 2070 g/mol. The Hall–Kier alpha value is -9.93. The SMILES string of the molecule is C[Si](C)(C)c1cc(-c2ccccn2)nc2c([N+](=O)[O-])cccc12.C[Si](C)(C)c1cc(Cl)nc2c([N+](=O)[O-])cccc12.OB(O)c1ccccn1.S=S.S=S=S.S=S=S=S.[Pd].c1ccc(P(c2ccccc2)c2ccccc2)cc1.c1ccc(P(c2ccccc2)c2ccccc2)cc1.c1ccc(P(c2ccccc2)c2ccccc2)cc1.c1ccc(P(c2ccccc2)c2ccccc2)cc1. The number of nitro groups is 2. The first kappa shape index (κ1) is 111. The Bertz CT molecular complexity index is 5890. The molecule has 18 rings (SSSR count). The number of pyridine rings is 4. The Balaban J connectivity index is 0.000000193. The molecule has 18 aromatic rings. The van der Waals surface area contributed by atoms with Gasteiger partial charge in [0, 0.05) is 149 Å². The first-order chi connectivity index (χ1) is 65.6. The number of fused-ring (bicyclic) bond motifs is 2. The van der Waals surface area contributed by atoms with Crippen LogP contribution in [0.4, 0.5) is 11.4 Å². The van der Waals surface area contributed by atoms with Gasteiger partial charge < -0.3 is 10.0 Å². The largest absolute Gasteiger partial charge is 0.508 e. The third kappa shape index (κ3) is 35.2. The number of halogens is 1. The zero-order valence-electron chi connectivity index (χ0n) is 74.8. The summed E-state index contributed by atoms with van der Waals surface area (Å²) in [6.07, 6.45) is 3.21. The second kappa shape index (κ2) is 60.7. The predicted molar refractivity (Wildman–Crippen MR) is 612 cm³/mol. The van der Waals surface area contributed by atoms with Crippen molar-refractivity contribution in [1.29, 1.82) is 0 Å². The molecule has 0 unspecified atom stereocenters. The topological polar surface area (TPSA) is 178 Å². The van der Waals surface area contributed by atoms with Crippen LogP contribution in [0.1, 0.15) is 0 Å². The van der Waals surface area contributed by atoms with Crippen molar-refractivity contribution >= 4 is 273 Å². The van der Waals surface area contributed by atoms with Gasteiger partial charge in [0.25, 0.3) is 11.4 Å². The van der Waals surface area contributed by atoms with Crippen LogP contribution in [0.15, 0.2) is 461 Å². The Kier molecular flexibility index (Phi) is 49.7. The number of hydrogen-bond donors (Lipinski definition) is 2. The molecule has 4 aromatic heterocycles. The first-order valence-electron chi connectivity index (χ1n) is 42.1. The molecule has 0 radical (unpaired) electrons. The molecule has 0 fully saturated rings. The van der Waals surface area contributed by atoms with Crippen molar-refractivity contribution in [3.63, 3.8) is 0 Å². The van der Waals surface area contributed by atoms with Gasteiger partial charge in [-0.2, -0.15) is 0 Å². The molecule has 12 nitrogen and oxygen atoms in total. The number of para-hydroxylation sites is 2. The van der Waals surface area contributed by atoms with Crippen LogP contribution in [0.2, 0.25) is 44.4 Å². The maximum Gasteiger partial charge on any atom is 0.508 e. The average Bonchev–Trinajstić information content (AvgIpc) is 0.772. The number of non-ortho nitro benzene ring substituents is 2. The van der Waals surface area contributed by atoms with Crippen molar-refractivity contribution in [2.24, 2.45) is 0 Å². The van der Waals surface area contributed by atoms with Crippen molar-refractivity contribution in [3.8, 4) is 11.4 Å². The van der Waals surface area contributed by atoms with Gasteiger partial charge in [-0.05, 0) is 142 Å². The van der Waals surface area contributed by atoms with Crippen LogP contribution in [-0.2, 0) is 114 Å². The zero-order chi connectivity index (χ0) is 96.6. The minimum absolute atomic E-state index is 0. The molecule has 0 aliphatic heterocycles. The third-order valence-electron chi connectivity index (χ3n) is 19.7. The van der Waals surface area contributed by atoms with Gasteiger partial charge in [0.05, 0.1) is 43.0 Å². The quantitative estimate of drug-likeness (QED) is 0.0272. The third-order valence-corrected chi connectivity index (χ3v) is 35.9. The minimum Gasteiger partial charge on any atom is -0.422 e. The number of nitro benzene ring substituents is 2. The van der Waals surface area contributed by atoms with Crippen LogP contribution in [-0.4, -0.2) is 63.1 Å². The van der Waals surface area contributed by atoms with Crippen molar-refractivity contribution in [3.05, 3.63) is 487 Å². The van der Waals surface area contributed by atoms with Crippen LogP contribution in [0, 0.1) is 20.2 Å². The first-order valence-corrected chi connectivity index (χ1v) is 62.9. The molecule has 0 spiro atoms. The van der Waals surface area contributed by atoms with Gasteiger partial charge in [-0.3, -0.25) is 30.2 Å². The number of benzene rings is 14. The minimum atomic E-state index is -1.71. The average molecular weight is 2170 g/mol. The fourth-order valence-corrected chi connectivity index (χ4v) is 26.5. The summed E-state index contributed by atoms with van der Waals surface area (Å²) in [4.78, 5) is 38.3. The van der Waals surface area contributed by atoms with E-state index in [4.69, 9.17) is 21.6 Å². The van der Waals surface area contributed by atoms with Gasteiger partial charge in [-0.25, -0.2) is 9.97 Å². The molecular formula is C106H96BClN6O6P4PdS9Si2. The Morgan fingerprint density at radius 1 is 0.309 bits per heavy atom. The van der Waals surface area contributed by atoms with E-state index in [1.54, 1.807) is 36.5 Å². The van der Waals surface area contributed by atoms with Gasteiger partial charge in [0.2, 0.25) is 0 Å². The summed E-state index contributed by atoms with van der Waals surface area (Å²) in [5, 5.41) is 60.5. The summed E-state index contributed by atoms with van der Waals surface area (Å²) in [7, 11) is -3.32. The smallest absolute Gasteiger partial charge is 0.422 e. The maximum absolute atomic E-state index is 11.4. The molecule has 0 amide bonds. The summed E-state index contributed by atoms with van der Waals surface area (Å²) >= 11 is 30.2. The van der Waals surface area contributed by atoms with Gasteiger partial charge in [-0.1, -0.05) is 451 Å². The van der Waals surface area contributed by atoms with Crippen LogP contribution in [0.3, 0.4) is 0 Å². The molecule has 0 aliphatic rings. The van der Waals surface area contributed by atoms with Crippen molar-refractivity contribution in [1.82, 2.24) is 19.9 Å². The van der Waals surface area contributed by atoms with Crippen LogP contribution in [0.25, 0.3) is 33.2 Å². The molecule has 0 aliphatic carbocycles. The fraction of sp³-hybridized carbons (Fsp3) is 0.0566. The summed E-state index contributed by atoms with van der Waals surface area (Å²) in [6, 6.07) is 154. The molecule has 2 N–H and O–H groups in total. The van der Waals surface area contributed by atoms with Gasteiger partial charge >= 0.3 is 7.12 Å². The summed E-state index contributed by atoms with van der Waals surface area (Å²) < 4.78 is 0. The number of nitrogens with zero attached hydrogens (tertiary/aromatic N) is 6. The Morgan fingerprint density at radius 3 is 0.721 bits per heavy atom. The number of rotatable bonds is 18. The van der Waals surface area contributed by atoms with E-state index in [1.807, 2.05) is 42.5 Å². The van der Waals surface area contributed by atoms with Crippen LogP contribution >= 0.6 is 43.3 Å². The molecule has 14 aromatic carbocycles. The van der Waals surface area contributed by atoms with E-state index in [2.05, 4.69) is 490 Å². The van der Waals surface area contributed by atoms with Crippen molar-refractivity contribution in [2.45, 2.75) is 39.3 Å². The van der Waals surface area contributed by atoms with E-state index < -0.39 is 59.9 Å². The van der Waals surface area contributed by atoms with Gasteiger partial charge in [-0.15, -0.1) is 0 Å². The summed E-state index contributed by atoms with van der Waals surface area (Å²) in [6.45, 7) is 13.2. The molecule has 30 heteroatoms. The molecule has 0 saturated carbocycles. The second-order valence-corrected chi connectivity index (χ2v) is 55.5. The Labute approximate surface area is 861 Å². The van der Waals surface area contributed by atoms with Crippen molar-refractivity contribution < 1.29 is 40.3 Å².